The van der Waals surface area contributed by atoms with Crippen LogP contribution in [0.4, 0.5) is 0 Å². The highest BCUT2D eigenvalue weighted by molar-refractivity contribution is 5.79. The maximum absolute atomic E-state index is 11.3. The van der Waals surface area contributed by atoms with Gasteiger partial charge >= 0.3 is 0 Å². The molecule has 1 heterocycles. The molecule has 1 aliphatic rings. The van der Waals surface area contributed by atoms with Crippen molar-refractivity contribution in [3.05, 3.63) is 29.3 Å². The van der Waals surface area contributed by atoms with Gasteiger partial charge in [0.2, 0.25) is 0 Å². The number of ether oxygens (including phenoxy) is 2. The summed E-state index contributed by atoms with van der Waals surface area (Å²) in [6.45, 7) is 3.28. The van der Waals surface area contributed by atoms with Crippen LogP contribution in [-0.2, 0) is 16.0 Å². The number of benzene rings is 1. The van der Waals surface area contributed by atoms with Crippen molar-refractivity contribution in [3.8, 4) is 5.75 Å². The van der Waals surface area contributed by atoms with Gasteiger partial charge in [0.1, 0.15) is 11.5 Å². The molecule has 0 saturated carbocycles. The molecule has 18 heavy (non-hydrogen) atoms. The molecule has 2 rings (SSSR count). The number of carbonyl (C=O) groups excluding carboxylic acids is 1. The van der Waals surface area contributed by atoms with Gasteiger partial charge in [-0.2, -0.15) is 0 Å². The van der Waals surface area contributed by atoms with Crippen LogP contribution in [0.3, 0.4) is 0 Å². The lowest BCUT2D eigenvalue weighted by atomic mass is 9.90. The van der Waals surface area contributed by atoms with Crippen LogP contribution in [0, 0.1) is 0 Å². The number of Topliss-reactive ketones (excluding diaryl/α,β-unsaturated/α-hetero) is 1. The Morgan fingerprint density at radius 3 is 2.72 bits per heavy atom. The van der Waals surface area contributed by atoms with Crippen LogP contribution in [0.1, 0.15) is 36.8 Å². The molecule has 1 aromatic carbocycles. The summed E-state index contributed by atoms with van der Waals surface area (Å²) in [6.07, 6.45) is 2.57. The van der Waals surface area contributed by atoms with E-state index in [0.717, 1.165) is 37.4 Å². The second-order valence-corrected chi connectivity index (χ2v) is 4.84. The zero-order valence-corrected chi connectivity index (χ0v) is 11.1. The predicted molar refractivity (Wildman–Crippen MR) is 70.2 cm³/mol. The maximum Gasteiger partial charge on any atom is 0.134 e. The van der Waals surface area contributed by atoms with Crippen LogP contribution in [0.15, 0.2) is 18.2 Å². The number of methoxy groups -OCH3 is 1. The fourth-order valence-corrected chi connectivity index (χ4v) is 2.49. The fraction of sp³-hybridized carbons (Fsp3) is 0.533. The van der Waals surface area contributed by atoms with Crippen molar-refractivity contribution >= 4 is 5.78 Å². The van der Waals surface area contributed by atoms with Crippen molar-refractivity contribution in [1.82, 2.24) is 0 Å². The smallest absolute Gasteiger partial charge is 0.134 e. The Hall–Kier alpha value is -1.35. The Bertz CT molecular complexity index is 420. The van der Waals surface area contributed by atoms with Crippen molar-refractivity contribution in [3.63, 3.8) is 0 Å². The molecule has 3 nitrogen and oxygen atoms in total. The molecule has 0 N–H and O–H groups in total. The minimum atomic E-state index is 0.164. The first-order valence-corrected chi connectivity index (χ1v) is 6.44. The van der Waals surface area contributed by atoms with E-state index in [0.29, 0.717) is 12.3 Å². The minimum absolute atomic E-state index is 0.164. The van der Waals surface area contributed by atoms with E-state index in [1.807, 2.05) is 6.07 Å². The van der Waals surface area contributed by atoms with E-state index < -0.39 is 0 Å². The summed E-state index contributed by atoms with van der Waals surface area (Å²) in [4.78, 5) is 11.3. The third-order valence-electron chi connectivity index (χ3n) is 3.44. The van der Waals surface area contributed by atoms with E-state index in [-0.39, 0.29) is 5.78 Å². The van der Waals surface area contributed by atoms with Crippen LogP contribution in [0.2, 0.25) is 0 Å². The number of hydrogen-bond donors (Lipinski definition) is 0. The average molecular weight is 248 g/mol. The van der Waals surface area contributed by atoms with E-state index in [2.05, 4.69) is 12.1 Å². The summed E-state index contributed by atoms with van der Waals surface area (Å²) >= 11 is 0. The Kier molecular flexibility index (Phi) is 4.37. The van der Waals surface area contributed by atoms with Gasteiger partial charge in [-0.1, -0.05) is 12.1 Å². The number of carbonyl (C=O) groups is 1. The van der Waals surface area contributed by atoms with Crippen molar-refractivity contribution < 1.29 is 14.3 Å². The molecule has 0 amide bonds. The van der Waals surface area contributed by atoms with E-state index in [1.54, 1.807) is 14.0 Å². The molecule has 0 aromatic heterocycles. The summed E-state index contributed by atoms with van der Waals surface area (Å²) in [6, 6.07) is 6.21. The lowest BCUT2D eigenvalue weighted by Crippen LogP contribution is -2.14. The topological polar surface area (TPSA) is 35.5 Å². The fourth-order valence-electron chi connectivity index (χ4n) is 2.49. The minimum Gasteiger partial charge on any atom is -0.496 e. The van der Waals surface area contributed by atoms with Crippen LogP contribution < -0.4 is 4.74 Å². The molecule has 98 valence electrons. The first-order chi connectivity index (χ1) is 8.70. The molecule has 1 saturated heterocycles. The van der Waals surface area contributed by atoms with E-state index in [1.165, 1.54) is 5.56 Å². The zero-order chi connectivity index (χ0) is 13.0. The number of hydrogen-bond acceptors (Lipinski definition) is 3. The summed E-state index contributed by atoms with van der Waals surface area (Å²) < 4.78 is 10.7. The Balaban J connectivity index is 2.23. The first-order valence-electron chi connectivity index (χ1n) is 6.44. The summed E-state index contributed by atoms with van der Waals surface area (Å²) in [7, 11) is 1.65. The molecule has 0 bridgehead atoms. The monoisotopic (exact) mass is 248 g/mol. The largest absolute Gasteiger partial charge is 0.496 e. The molecule has 0 spiro atoms. The molecule has 0 radical (unpaired) electrons. The van der Waals surface area contributed by atoms with E-state index in [9.17, 15) is 4.79 Å². The maximum atomic E-state index is 11.3. The van der Waals surface area contributed by atoms with Gasteiger partial charge in [0.25, 0.3) is 0 Å². The third-order valence-corrected chi connectivity index (χ3v) is 3.44. The highest BCUT2D eigenvalue weighted by Gasteiger charge is 2.17. The Labute approximate surface area is 108 Å². The SMILES string of the molecule is COc1ccc(C2CCOCC2)cc1CC(C)=O. The molecule has 0 unspecified atom stereocenters. The quantitative estimate of drug-likeness (QED) is 0.822. The van der Waals surface area contributed by atoms with E-state index in [4.69, 9.17) is 9.47 Å². The van der Waals surface area contributed by atoms with Crippen LogP contribution in [0.25, 0.3) is 0 Å². The van der Waals surface area contributed by atoms with Crippen LogP contribution in [-0.4, -0.2) is 26.1 Å². The molecule has 3 heteroatoms. The van der Waals surface area contributed by atoms with Gasteiger partial charge in [0, 0.05) is 25.2 Å². The van der Waals surface area contributed by atoms with Crippen molar-refractivity contribution in [1.29, 1.82) is 0 Å². The van der Waals surface area contributed by atoms with Gasteiger partial charge in [0.05, 0.1) is 7.11 Å². The van der Waals surface area contributed by atoms with Crippen molar-refractivity contribution in [2.45, 2.75) is 32.1 Å². The molecule has 0 atom stereocenters. The summed E-state index contributed by atoms with van der Waals surface area (Å²) in [5.74, 6) is 1.52. The molecule has 1 fully saturated rings. The van der Waals surface area contributed by atoms with Crippen LogP contribution >= 0.6 is 0 Å². The molecular formula is C15H20O3. The van der Waals surface area contributed by atoms with E-state index >= 15 is 0 Å². The first kappa shape index (κ1) is 13.1. The van der Waals surface area contributed by atoms with Crippen molar-refractivity contribution in [2.24, 2.45) is 0 Å². The summed E-state index contributed by atoms with van der Waals surface area (Å²) in [5.41, 5.74) is 2.30. The predicted octanol–water partition coefficient (Wildman–Crippen LogP) is 2.72. The van der Waals surface area contributed by atoms with Gasteiger partial charge in [-0.25, -0.2) is 0 Å². The van der Waals surface area contributed by atoms with Gasteiger partial charge in [-0.05, 0) is 37.3 Å². The standard InChI is InChI=1S/C15H20O3/c1-11(16)9-14-10-13(3-4-15(14)17-2)12-5-7-18-8-6-12/h3-4,10,12H,5-9H2,1-2H3. The third kappa shape index (κ3) is 3.10. The van der Waals surface area contributed by atoms with Gasteiger partial charge < -0.3 is 9.47 Å². The van der Waals surface area contributed by atoms with Crippen LogP contribution in [0.5, 0.6) is 5.75 Å². The summed E-state index contributed by atoms with van der Waals surface area (Å²) in [5, 5.41) is 0. The van der Waals surface area contributed by atoms with Gasteiger partial charge in [0.15, 0.2) is 0 Å². The Morgan fingerprint density at radius 1 is 1.39 bits per heavy atom. The van der Waals surface area contributed by atoms with Crippen molar-refractivity contribution in [2.75, 3.05) is 20.3 Å². The average Bonchev–Trinajstić information content (AvgIpc) is 2.39. The molecular weight excluding hydrogens is 228 g/mol. The molecule has 1 aromatic rings. The Morgan fingerprint density at radius 2 is 2.11 bits per heavy atom. The normalized spacial score (nSPS) is 16.6. The lowest BCUT2D eigenvalue weighted by molar-refractivity contribution is -0.116. The number of ketones is 1. The molecule has 1 aliphatic heterocycles. The lowest BCUT2D eigenvalue weighted by Gasteiger charge is -2.23. The highest BCUT2D eigenvalue weighted by atomic mass is 16.5. The zero-order valence-electron chi connectivity index (χ0n) is 11.1. The van der Waals surface area contributed by atoms with Gasteiger partial charge in [-0.15, -0.1) is 0 Å². The highest BCUT2D eigenvalue weighted by Crippen LogP contribution is 2.30. The second-order valence-electron chi connectivity index (χ2n) is 4.84. The molecule has 0 aliphatic carbocycles. The second kappa shape index (κ2) is 6.01. The van der Waals surface area contributed by atoms with Gasteiger partial charge in [-0.3, -0.25) is 4.79 Å². The number of rotatable bonds is 4.